The lowest BCUT2D eigenvalue weighted by Crippen LogP contribution is -1.96. The molecule has 0 aliphatic heterocycles. The van der Waals surface area contributed by atoms with Gasteiger partial charge in [-0.25, -0.2) is 0 Å². The third-order valence-electron chi connectivity index (χ3n) is 25.3. The molecule has 536 valence electrons. The van der Waals surface area contributed by atoms with E-state index >= 15 is 0 Å². The van der Waals surface area contributed by atoms with Gasteiger partial charge in [0, 0.05) is 87.1 Å². The van der Waals surface area contributed by atoms with Gasteiger partial charge in [-0.1, -0.05) is 261 Å². The first-order valence-electron chi connectivity index (χ1n) is 39.9. The Hall–Kier alpha value is -15.5. The lowest BCUT2D eigenvalue weighted by Gasteiger charge is -2.14. The van der Waals surface area contributed by atoms with E-state index in [0.29, 0.717) is 0 Å². The van der Waals surface area contributed by atoms with Gasteiger partial charge in [-0.15, -0.1) is 0 Å². The highest BCUT2D eigenvalue weighted by Crippen LogP contribution is 2.53. The van der Waals surface area contributed by atoms with E-state index in [-0.39, 0.29) is 0 Å². The van der Waals surface area contributed by atoms with Crippen molar-refractivity contribution in [2.75, 3.05) is 0 Å². The van der Waals surface area contributed by atoms with E-state index in [2.05, 4.69) is 382 Å². The molecule has 0 fully saturated rings. The summed E-state index contributed by atoms with van der Waals surface area (Å²) < 4.78 is 22.1. The Labute approximate surface area is 664 Å². The van der Waals surface area contributed by atoms with Gasteiger partial charge in [0.05, 0.1) is 49.8 Å². The lowest BCUT2D eigenvalue weighted by molar-refractivity contribution is 0.668. The Balaban J connectivity index is 0.000000128. The van der Waals surface area contributed by atoms with Gasteiger partial charge in [0.2, 0.25) is 0 Å². The monoisotopic (exact) mass is 1470 g/mol. The molecule has 0 amide bonds. The summed E-state index contributed by atoms with van der Waals surface area (Å²) in [6, 6.07) is 142. The minimum atomic E-state index is 0.902. The number of hydrogen-bond donors (Lipinski definition) is 0. The molecule has 2 aliphatic rings. The van der Waals surface area contributed by atoms with Gasteiger partial charge < -0.3 is 27.1 Å². The molecule has 6 aromatic heterocycles. The number of para-hydroxylation sites is 6. The number of fused-ring (bicyclic) bond motifs is 24. The van der Waals surface area contributed by atoms with Crippen LogP contribution in [0.4, 0.5) is 0 Å². The third kappa shape index (κ3) is 8.89. The SMILES string of the molecule is c1cc(-c2ccc3c4c(cccc24)-c2ccccc2-3)cc(-n2c3ccccc3c3c(-c4ccc5c(c4)c4ccccc4n5-c4ccc5oc6ccccc6c5c4)cccc32)c1.c1ccc2c(c1)-c1cccc3c(-n4c5ccccc5c5c(-c6ccc7c(c6)c6ccccc6n7-c6ccc7oc8ccccc8c7c6)cccc54)ccc-2c13. The van der Waals surface area contributed by atoms with Crippen LogP contribution in [0, 0.1) is 0 Å². The van der Waals surface area contributed by atoms with E-state index in [1.165, 1.54) is 192 Å². The van der Waals surface area contributed by atoms with Crippen molar-refractivity contribution in [3.63, 3.8) is 0 Å². The zero-order valence-electron chi connectivity index (χ0n) is 62.6. The van der Waals surface area contributed by atoms with Crippen molar-refractivity contribution in [3.05, 3.63) is 388 Å². The third-order valence-corrected chi connectivity index (χ3v) is 25.3. The van der Waals surface area contributed by atoms with Gasteiger partial charge >= 0.3 is 0 Å². The van der Waals surface area contributed by atoms with Crippen LogP contribution in [0.1, 0.15) is 0 Å². The second-order valence-corrected chi connectivity index (χ2v) is 31.2. The molecule has 0 bridgehead atoms. The zero-order chi connectivity index (χ0) is 75.5. The van der Waals surface area contributed by atoms with Crippen LogP contribution in [0.15, 0.2) is 397 Å². The Morgan fingerprint density at radius 2 is 0.483 bits per heavy atom. The molecule has 0 N–H and O–H groups in total. The molecule has 116 heavy (non-hydrogen) atoms. The van der Waals surface area contributed by atoms with Crippen LogP contribution in [0.2, 0.25) is 0 Å². The first-order valence-corrected chi connectivity index (χ1v) is 39.9. The fraction of sp³-hybridized carbons (Fsp3) is 0. The standard InChI is InChI=1S/C58H34N2O.C52H30N2O/c1-2-15-42-41(14-1)46-21-10-20-45-39(28-29-47(42)57(45)46)35-12-9-13-37(32-35)60-52-23-7-4-18-48(52)58-40(19-11-24-54(58)60)36-26-30-53-49(33-36)43-16-3-6-22-51(43)59(53)38-27-31-56-50(34-38)44-17-5-8-25-55(44)61-56;1-2-12-35-34(11-1)38-17-9-18-40-46(27-25-39(35)51(38)40)54-45-20-7-4-15-41(45)52-33(16-10-21-48(52)54)31-23-26-47-42(29-31)36-13-3-6-19-44(36)53(47)32-24-28-50-43(30-32)37-14-5-8-22-49(37)55-50/h1-34H;1-30H. The first-order chi connectivity index (χ1) is 57.6. The van der Waals surface area contributed by atoms with Gasteiger partial charge in [0.25, 0.3) is 0 Å². The average molecular weight is 1470 g/mol. The number of hydrogen-bond acceptors (Lipinski definition) is 2. The molecule has 0 radical (unpaired) electrons. The lowest BCUT2D eigenvalue weighted by atomic mass is 9.94. The fourth-order valence-electron chi connectivity index (χ4n) is 20.5. The van der Waals surface area contributed by atoms with Crippen LogP contribution in [-0.4, -0.2) is 18.3 Å². The Kier molecular flexibility index (Phi) is 13.1. The second-order valence-electron chi connectivity index (χ2n) is 31.2. The van der Waals surface area contributed by atoms with Gasteiger partial charge in [0.15, 0.2) is 0 Å². The summed E-state index contributed by atoms with van der Waals surface area (Å²) in [5.74, 6) is 0. The summed E-state index contributed by atoms with van der Waals surface area (Å²) in [5, 5.41) is 19.7. The zero-order valence-corrected chi connectivity index (χ0v) is 62.6. The molecule has 6 nitrogen and oxygen atoms in total. The van der Waals surface area contributed by atoms with E-state index in [9.17, 15) is 0 Å². The van der Waals surface area contributed by atoms with Crippen LogP contribution < -0.4 is 0 Å². The van der Waals surface area contributed by atoms with Crippen LogP contribution in [0.5, 0.6) is 0 Å². The van der Waals surface area contributed by atoms with Crippen molar-refractivity contribution in [1.82, 2.24) is 18.3 Å². The minimum absolute atomic E-state index is 0.902. The first kappa shape index (κ1) is 63.2. The molecule has 0 spiro atoms. The smallest absolute Gasteiger partial charge is 0.135 e. The number of furan rings is 2. The van der Waals surface area contributed by atoms with Crippen molar-refractivity contribution in [2.45, 2.75) is 0 Å². The molecular formula is C110H64N4O2. The van der Waals surface area contributed by atoms with Crippen LogP contribution in [0.25, 0.3) is 253 Å². The number of aromatic nitrogens is 4. The maximum Gasteiger partial charge on any atom is 0.135 e. The predicted octanol–water partition coefficient (Wildman–Crippen LogP) is 30.2. The van der Waals surface area contributed by atoms with E-state index in [0.717, 1.165) is 60.9 Å². The minimum Gasteiger partial charge on any atom is -0.456 e. The van der Waals surface area contributed by atoms with Crippen LogP contribution in [0.3, 0.4) is 0 Å². The molecule has 0 saturated heterocycles. The highest BCUT2D eigenvalue weighted by molar-refractivity contribution is 6.24. The topological polar surface area (TPSA) is 46.0 Å². The number of rotatable bonds is 7. The molecule has 0 saturated carbocycles. The van der Waals surface area contributed by atoms with Crippen molar-refractivity contribution < 1.29 is 8.83 Å². The molecule has 25 aromatic rings. The number of benzene rings is 19. The molecule has 2 aliphatic carbocycles. The van der Waals surface area contributed by atoms with Crippen LogP contribution >= 0.6 is 0 Å². The molecule has 0 atom stereocenters. The van der Waals surface area contributed by atoms with Gasteiger partial charge in [0.1, 0.15) is 22.3 Å². The van der Waals surface area contributed by atoms with Crippen LogP contribution in [-0.2, 0) is 0 Å². The Bertz CT molecular complexity index is 8560. The largest absolute Gasteiger partial charge is 0.456 e. The van der Waals surface area contributed by atoms with E-state index in [1.807, 2.05) is 24.3 Å². The molecule has 19 aromatic carbocycles. The fourth-order valence-corrected chi connectivity index (χ4v) is 20.5. The van der Waals surface area contributed by atoms with Crippen molar-refractivity contribution in [2.24, 2.45) is 0 Å². The maximum absolute atomic E-state index is 6.21. The van der Waals surface area contributed by atoms with Crippen molar-refractivity contribution >= 4 is 153 Å². The molecule has 0 unspecified atom stereocenters. The summed E-state index contributed by atoms with van der Waals surface area (Å²) in [4.78, 5) is 0. The molecule has 27 rings (SSSR count). The second kappa shape index (κ2) is 24.0. The normalized spacial score (nSPS) is 12.3. The van der Waals surface area contributed by atoms with Crippen molar-refractivity contribution in [3.8, 4) is 101 Å². The molecule has 6 heterocycles. The summed E-state index contributed by atoms with van der Waals surface area (Å²) in [6.45, 7) is 0. The number of nitrogens with zero attached hydrogens (tertiary/aromatic N) is 4. The highest BCUT2D eigenvalue weighted by Gasteiger charge is 2.28. The van der Waals surface area contributed by atoms with E-state index < -0.39 is 0 Å². The van der Waals surface area contributed by atoms with E-state index in [1.54, 1.807) is 0 Å². The van der Waals surface area contributed by atoms with Crippen molar-refractivity contribution in [1.29, 1.82) is 0 Å². The summed E-state index contributed by atoms with van der Waals surface area (Å²) in [5.41, 5.74) is 35.6. The average Bonchev–Trinajstić information content (AvgIpc) is 1.57. The predicted molar refractivity (Wildman–Crippen MR) is 485 cm³/mol. The Morgan fingerprint density at radius 3 is 1.03 bits per heavy atom. The molecule has 6 heteroatoms. The van der Waals surface area contributed by atoms with Gasteiger partial charge in [-0.3, -0.25) is 0 Å². The van der Waals surface area contributed by atoms with E-state index in [4.69, 9.17) is 8.83 Å². The van der Waals surface area contributed by atoms with Gasteiger partial charge in [-0.05, 0) is 221 Å². The summed E-state index contributed by atoms with van der Waals surface area (Å²) >= 11 is 0. The summed E-state index contributed by atoms with van der Waals surface area (Å²) in [6.07, 6.45) is 0. The quantitative estimate of drug-likeness (QED) is 0.160. The Morgan fingerprint density at radius 1 is 0.147 bits per heavy atom. The summed E-state index contributed by atoms with van der Waals surface area (Å²) in [7, 11) is 0. The molecular weight excluding hydrogens is 1410 g/mol. The van der Waals surface area contributed by atoms with Gasteiger partial charge in [-0.2, -0.15) is 0 Å². The highest BCUT2D eigenvalue weighted by atomic mass is 16.3. The maximum atomic E-state index is 6.21.